The van der Waals surface area contributed by atoms with Crippen molar-refractivity contribution >= 4 is 39.2 Å². The minimum absolute atomic E-state index is 0.209. The maximum Gasteiger partial charge on any atom is 0.158 e. The number of hydrogen-bond donors (Lipinski definition) is 3. The van der Waals surface area contributed by atoms with Gasteiger partial charge in [-0.25, -0.2) is 9.97 Å². The molecule has 0 spiro atoms. The van der Waals surface area contributed by atoms with Crippen molar-refractivity contribution in [2.75, 3.05) is 57.4 Å². The van der Waals surface area contributed by atoms with E-state index in [2.05, 4.69) is 21.2 Å². The van der Waals surface area contributed by atoms with Gasteiger partial charge >= 0.3 is 0 Å². The number of nitrogens with two attached hydrogens (primary N) is 1. The molecule has 2 atom stereocenters. The Balaban J connectivity index is 1.56. The number of allylic oxidation sites excluding steroid dienone is 2. The number of anilines is 1. The Morgan fingerprint density at radius 1 is 1.23 bits per heavy atom. The molecule has 5 rings (SSSR count). The molecule has 2 aliphatic heterocycles. The number of ether oxygens (including phenoxy) is 1. The van der Waals surface area contributed by atoms with Crippen LogP contribution in [0.3, 0.4) is 0 Å². The van der Waals surface area contributed by atoms with Gasteiger partial charge in [-0.15, -0.1) is 11.3 Å². The average molecular weight is 440 g/mol. The number of morpholine rings is 1. The molecule has 2 fully saturated rings. The molecule has 0 radical (unpaired) electrons. The number of rotatable bonds is 5. The molecule has 4 N–H and O–H groups in total. The Morgan fingerprint density at radius 3 is 2.81 bits per heavy atom. The van der Waals surface area contributed by atoms with Crippen LogP contribution in [-0.4, -0.2) is 79.6 Å². The first kappa shape index (κ1) is 20.7. The first-order chi connectivity index (χ1) is 15.2. The zero-order chi connectivity index (χ0) is 21.2. The average Bonchev–Trinajstić information content (AvgIpc) is 3.21. The van der Waals surface area contributed by atoms with Crippen molar-refractivity contribution in [3.8, 4) is 0 Å². The Morgan fingerprint density at radius 2 is 2.03 bits per heavy atom. The molecule has 3 aliphatic rings. The monoisotopic (exact) mass is 439 g/mol. The Kier molecular flexibility index (Phi) is 6.10. The summed E-state index contributed by atoms with van der Waals surface area (Å²) < 4.78 is 6.71. The van der Waals surface area contributed by atoms with Crippen LogP contribution < -0.4 is 16.0 Å². The molecule has 1 aliphatic carbocycles. The zero-order valence-electron chi connectivity index (χ0n) is 17.6. The molecule has 2 saturated heterocycles. The van der Waals surface area contributed by atoms with E-state index in [9.17, 15) is 0 Å². The van der Waals surface area contributed by atoms with E-state index in [0.29, 0.717) is 19.0 Å². The van der Waals surface area contributed by atoms with Crippen LogP contribution in [0.4, 0.5) is 5.82 Å². The van der Waals surface area contributed by atoms with Crippen LogP contribution in [0, 0.1) is 11.3 Å². The molecule has 2 aromatic heterocycles. The van der Waals surface area contributed by atoms with Crippen LogP contribution in [0.2, 0.25) is 0 Å². The molecule has 0 amide bonds. The van der Waals surface area contributed by atoms with Gasteiger partial charge in [0.2, 0.25) is 0 Å². The van der Waals surface area contributed by atoms with Gasteiger partial charge in [0.15, 0.2) is 11.6 Å². The van der Waals surface area contributed by atoms with Gasteiger partial charge in [0.25, 0.3) is 0 Å². The molecule has 2 unspecified atom stereocenters. The normalized spacial score (nSPS) is 25.1. The first-order valence-corrected chi connectivity index (χ1v) is 11.8. The molecule has 0 bridgehead atoms. The molecule has 4 heterocycles. The van der Waals surface area contributed by atoms with Gasteiger partial charge in [-0.3, -0.25) is 4.90 Å². The molecule has 0 saturated carbocycles. The molecular weight excluding hydrogens is 410 g/mol. The minimum Gasteiger partial charge on any atom is -0.378 e. The lowest BCUT2D eigenvalue weighted by Crippen LogP contribution is -2.42. The number of aromatic nitrogens is 2. The third-order valence-corrected chi connectivity index (χ3v) is 7.23. The van der Waals surface area contributed by atoms with E-state index in [1.165, 1.54) is 11.1 Å². The summed E-state index contributed by atoms with van der Waals surface area (Å²) in [7, 11) is 0. The minimum atomic E-state index is -0.227. The third-order valence-electron chi connectivity index (χ3n) is 6.13. The summed E-state index contributed by atoms with van der Waals surface area (Å²) in [5, 5.41) is 11.3. The van der Waals surface area contributed by atoms with Crippen LogP contribution in [0.1, 0.15) is 10.7 Å². The molecule has 9 heteroatoms. The number of thiophene rings is 1. The van der Waals surface area contributed by atoms with Gasteiger partial charge in [0.1, 0.15) is 0 Å². The molecule has 31 heavy (non-hydrogen) atoms. The summed E-state index contributed by atoms with van der Waals surface area (Å²) in [4.78, 5) is 16.1. The summed E-state index contributed by atoms with van der Waals surface area (Å²) in [6.45, 7) is 8.23. The highest BCUT2D eigenvalue weighted by molar-refractivity contribution is 7.19. The van der Waals surface area contributed by atoms with Gasteiger partial charge in [-0.1, -0.05) is 18.2 Å². The molecular formula is C22H29N7OS. The highest BCUT2D eigenvalue weighted by atomic mass is 32.1. The molecule has 164 valence electrons. The number of nitrogens with one attached hydrogen (secondary N) is 2. The largest absolute Gasteiger partial charge is 0.378 e. The van der Waals surface area contributed by atoms with Crippen LogP contribution in [0.15, 0.2) is 24.3 Å². The summed E-state index contributed by atoms with van der Waals surface area (Å²) in [6.07, 6.45) is 7.28. The van der Waals surface area contributed by atoms with E-state index >= 15 is 0 Å². The Bertz CT molecular complexity index is 1000. The molecule has 2 aromatic rings. The van der Waals surface area contributed by atoms with Crippen molar-refractivity contribution in [3.05, 3.63) is 35.0 Å². The summed E-state index contributed by atoms with van der Waals surface area (Å²) >= 11 is 1.80. The van der Waals surface area contributed by atoms with Gasteiger partial charge < -0.3 is 26.1 Å². The van der Waals surface area contributed by atoms with E-state index in [4.69, 9.17) is 25.8 Å². The second-order valence-corrected chi connectivity index (χ2v) is 9.34. The predicted octanol–water partition coefficient (Wildman–Crippen LogP) is 1.48. The van der Waals surface area contributed by atoms with E-state index in [1.807, 2.05) is 18.2 Å². The van der Waals surface area contributed by atoms with Crippen molar-refractivity contribution in [2.24, 2.45) is 11.7 Å². The second kappa shape index (κ2) is 9.13. The summed E-state index contributed by atoms with van der Waals surface area (Å²) in [5.74, 6) is 1.44. The first-order valence-electron chi connectivity index (χ1n) is 10.9. The standard InChI is InChI=1S/C22H29N7OS/c23-13-17-16(2-1-3-18(17)24)21-26-19-12-15(14-28-6-4-25-5-7-28)31-20(19)22(27-21)29-8-10-30-11-9-29/h1-3,12-13,17-18,23,25H,4-11,14,24H2. The lowest BCUT2D eigenvalue weighted by molar-refractivity contribution is 0.122. The fraction of sp³-hybridized carbons (Fsp3) is 0.500. The Hall–Kier alpha value is -2.17. The van der Waals surface area contributed by atoms with Crippen molar-refractivity contribution < 1.29 is 4.74 Å². The van der Waals surface area contributed by atoms with E-state index in [1.54, 1.807) is 11.3 Å². The lowest BCUT2D eigenvalue weighted by Gasteiger charge is -2.29. The van der Waals surface area contributed by atoms with Crippen LogP contribution in [-0.2, 0) is 11.3 Å². The Labute approximate surface area is 186 Å². The fourth-order valence-corrected chi connectivity index (χ4v) is 5.56. The van der Waals surface area contributed by atoms with Crippen LogP contribution in [0.25, 0.3) is 15.8 Å². The highest BCUT2D eigenvalue weighted by Crippen LogP contribution is 2.36. The highest BCUT2D eigenvalue weighted by Gasteiger charge is 2.27. The maximum atomic E-state index is 7.90. The zero-order valence-corrected chi connectivity index (χ0v) is 18.4. The quantitative estimate of drug-likeness (QED) is 0.606. The number of piperazine rings is 1. The van der Waals surface area contributed by atoms with Crippen molar-refractivity contribution in [1.82, 2.24) is 20.2 Å². The summed E-state index contributed by atoms with van der Waals surface area (Å²) in [5.41, 5.74) is 8.14. The van der Waals surface area contributed by atoms with E-state index < -0.39 is 0 Å². The van der Waals surface area contributed by atoms with Crippen molar-refractivity contribution in [1.29, 1.82) is 5.41 Å². The van der Waals surface area contributed by atoms with Gasteiger partial charge in [0, 0.05) is 74.4 Å². The van der Waals surface area contributed by atoms with E-state index in [-0.39, 0.29) is 12.0 Å². The molecule has 0 aromatic carbocycles. The van der Waals surface area contributed by atoms with Crippen LogP contribution in [0.5, 0.6) is 0 Å². The number of hydrogen-bond acceptors (Lipinski definition) is 9. The van der Waals surface area contributed by atoms with Gasteiger partial charge in [-0.05, 0) is 6.07 Å². The van der Waals surface area contributed by atoms with E-state index in [0.717, 1.165) is 67.4 Å². The lowest BCUT2D eigenvalue weighted by atomic mass is 9.88. The van der Waals surface area contributed by atoms with Gasteiger partial charge in [-0.2, -0.15) is 0 Å². The SMILES string of the molecule is N=CC1C(c2nc(N3CCOCC3)c3sc(CN4CCNCC4)cc3n2)=CC=CC1N. The third kappa shape index (κ3) is 4.28. The number of nitrogens with zero attached hydrogens (tertiary/aromatic N) is 4. The van der Waals surface area contributed by atoms with Crippen LogP contribution >= 0.6 is 11.3 Å². The predicted molar refractivity (Wildman–Crippen MR) is 126 cm³/mol. The second-order valence-electron chi connectivity index (χ2n) is 8.20. The van der Waals surface area contributed by atoms with Gasteiger partial charge in [0.05, 0.1) is 23.4 Å². The van der Waals surface area contributed by atoms with Crippen molar-refractivity contribution in [2.45, 2.75) is 12.6 Å². The summed E-state index contributed by atoms with van der Waals surface area (Å²) in [6, 6.07) is 1.99. The smallest absolute Gasteiger partial charge is 0.158 e. The van der Waals surface area contributed by atoms with Crippen molar-refractivity contribution in [3.63, 3.8) is 0 Å². The number of fused-ring (bicyclic) bond motifs is 1. The topological polar surface area (TPSA) is 103 Å². The fourth-order valence-electron chi connectivity index (χ4n) is 4.40. The molecule has 8 nitrogen and oxygen atoms in total. The maximum absolute atomic E-state index is 7.90.